The number of carbonyl (C=O) groups excluding carboxylic acids is 2. The number of methoxy groups -OCH3 is 1. The molecule has 30 heavy (non-hydrogen) atoms. The van der Waals surface area contributed by atoms with Gasteiger partial charge < -0.3 is 20.3 Å². The Kier molecular flexibility index (Phi) is 7.37. The normalized spacial score (nSPS) is 14.4. The van der Waals surface area contributed by atoms with Crippen molar-refractivity contribution in [3.8, 4) is 5.75 Å². The summed E-state index contributed by atoms with van der Waals surface area (Å²) >= 11 is 0. The monoisotopic (exact) mass is 411 g/mol. The Hall–Kier alpha value is -2.97. The third kappa shape index (κ3) is 5.14. The first-order chi connectivity index (χ1) is 14.5. The number of hydrogen-bond donors (Lipinski definition) is 1. The zero-order valence-corrected chi connectivity index (χ0v) is 17.6. The molecule has 1 aromatic carbocycles. The first kappa shape index (κ1) is 21.7. The molecule has 1 saturated heterocycles. The number of aromatic nitrogens is 1. The largest absolute Gasteiger partial charge is 0.497 e. The van der Waals surface area contributed by atoms with E-state index in [9.17, 15) is 9.59 Å². The second-order valence-corrected chi connectivity index (χ2v) is 7.15. The quantitative estimate of drug-likeness (QED) is 0.701. The molecule has 1 aliphatic rings. The Bertz CT molecular complexity index is 846. The van der Waals surface area contributed by atoms with Crippen molar-refractivity contribution in [2.75, 3.05) is 51.3 Å². The molecule has 8 nitrogen and oxygen atoms in total. The predicted molar refractivity (Wildman–Crippen MR) is 116 cm³/mol. The van der Waals surface area contributed by atoms with Crippen LogP contribution in [-0.2, 0) is 6.54 Å². The van der Waals surface area contributed by atoms with Crippen molar-refractivity contribution in [1.29, 1.82) is 0 Å². The minimum atomic E-state index is -0.161. The van der Waals surface area contributed by atoms with Crippen LogP contribution in [0.25, 0.3) is 0 Å². The summed E-state index contributed by atoms with van der Waals surface area (Å²) in [4.78, 5) is 35.4. The third-order valence-corrected chi connectivity index (χ3v) is 5.36. The molecule has 1 aliphatic heterocycles. The number of amides is 2. The van der Waals surface area contributed by atoms with Gasteiger partial charge in [-0.3, -0.25) is 14.7 Å². The molecule has 0 atom stereocenters. The fourth-order valence-corrected chi connectivity index (χ4v) is 3.42. The minimum absolute atomic E-state index is 0.0543. The molecule has 0 radical (unpaired) electrons. The lowest BCUT2D eigenvalue weighted by molar-refractivity contribution is 0.100. The number of carbonyl (C=O) groups is 2. The molecule has 1 aromatic heterocycles. The smallest absolute Gasteiger partial charge is 0.324 e. The highest BCUT2D eigenvalue weighted by molar-refractivity contribution is 5.97. The van der Waals surface area contributed by atoms with E-state index in [2.05, 4.69) is 16.8 Å². The molecule has 8 heteroatoms. The SMILES string of the molecule is CCN1CCN(C(=O)N(Cc2ccc(C(=O)CN)cn2)c2ccc(OC)cc2)CC1. The number of ketones is 1. The van der Waals surface area contributed by atoms with Gasteiger partial charge in [0.25, 0.3) is 0 Å². The maximum Gasteiger partial charge on any atom is 0.324 e. The lowest BCUT2D eigenvalue weighted by atomic mass is 10.1. The molecule has 2 amide bonds. The van der Waals surface area contributed by atoms with Crippen molar-refractivity contribution in [3.05, 3.63) is 53.9 Å². The number of urea groups is 1. The molecule has 2 N–H and O–H groups in total. The highest BCUT2D eigenvalue weighted by Gasteiger charge is 2.26. The molecule has 0 aliphatic carbocycles. The van der Waals surface area contributed by atoms with E-state index in [1.54, 1.807) is 24.1 Å². The highest BCUT2D eigenvalue weighted by Crippen LogP contribution is 2.23. The summed E-state index contributed by atoms with van der Waals surface area (Å²) in [6.45, 7) is 6.48. The molecule has 2 aromatic rings. The number of ether oxygens (including phenoxy) is 1. The number of rotatable bonds is 7. The van der Waals surface area contributed by atoms with Gasteiger partial charge in [0.1, 0.15) is 5.75 Å². The Labute approximate surface area is 177 Å². The van der Waals surface area contributed by atoms with Gasteiger partial charge in [-0.05, 0) is 42.9 Å². The Balaban J connectivity index is 1.81. The van der Waals surface area contributed by atoms with E-state index >= 15 is 0 Å². The fourth-order valence-electron chi connectivity index (χ4n) is 3.42. The van der Waals surface area contributed by atoms with Crippen LogP contribution in [0.3, 0.4) is 0 Å². The van der Waals surface area contributed by atoms with Gasteiger partial charge in [-0.1, -0.05) is 6.92 Å². The van der Waals surface area contributed by atoms with Crippen molar-refractivity contribution in [2.24, 2.45) is 5.73 Å². The van der Waals surface area contributed by atoms with Crippen LogP contribution in [-0.4, -0.2) is 73.0 Å². The van der Waals surface area contributed by atoms with Crippen LogP contribution in [0.15, 0.2) is 42.6 Å². The molecular weight excluding hydrogens is 382 g/mol. The van der Waals surface area contributed by atoms with Gasteiger partial charge in [-0.15, -0.1) is 0 Å². The van der Waals surface area contributed by atoms with Crippen LogP contribution in [0.1, 0.15) is 23.0 Å². The Morgan fingerprint density at radius 3 is 2.33 bits per heavy atom. The van der Waals surface area contributed by atoms with Crippen LogP contribution >= 0.6 is 0 Å². The van der Waals surface area contributed by atoms with Gasteiger partial charge in [0, 0.05) is 43.6 Å². The van der Waals surface area contributed by atoms with E-state index in [1.165, 1.54) is 6.20 Å². The van der Waals surface area contributed by atoms with Crippen LogP contribution in [0, 0.1) is 0 Å². The van der Waals surface area contributed by atoms with Crippen LogP contribution in [0.2, 0.25) is 0 Å². The van der Waals surface area contributed by atoms with Gasteiger partial charge in [-0.2, -0.15) is 0 Å². The van der Waals surface area contributed by atoms with E-state index in [0.717, 1.165) is 31.1 Å². The zero-order chi connectivity index (χ0) is 21.5. The topological polar surface area (TPSA) is 92.0 Å². The molecule has 0 saturated carbocycles. The lowest BCUT2D eigenvalue weighted by Crippen LogP contribution is -2.52. The van der Waals surface area contributed by atoms with Crippen LogP contribution in [0.5, 0.6) is 5.75 Å². The van der Waals surface area contributed by atoms with Crippen molar-refractivity contribution >= 4 is 17.5 Å². The van der Waals surface area contributed by atoms with Crippen LogP contribution in [0.4, 0.5) is 10.5 Å². The van der Waals surface area contributed by atoms with Gasteiger partial charge >= 0.3 is 6.03 Å². The number of nitrogens with zero attached hydrogens (tertiary/aromatic N) is 4. The maximum absolute atomic E-state index is 13.4. The molecule has 160 valence electrons. The summed E-state index contributed by atoms with van der Waals surface area (Å²) in [5.74, 6) is 0.566. The molecule has 0 unspecified atom stereocenters. The number of Topliss-reactive ketones (excluding diaryl/α,β-unsaturated/α-hetero) is 1. The minimum Gasteiger partial charge on any atom is -0.497 e. The van der Waals surface area contributed by atoms with Gasteiger partial charge in [0.05, 0.1) is 25.9 Å². The zero-order valence-electron chi connectivity index (χ0n) is 17.6. The summed E-state index contributed by atoms with van der Waals surface area (Å²) in [6, 6.07) is 10.8. The molecule has 3 rings (SSSR count). The standard InChI is InChI=1S/C22H29N5O3/c1-3-25-10-12-26(13-11-25)22(29)27(19-6-8-20(30-2)9-7-19)16-18-5-4-17(15-24-18)21(28)14-23/h4-9,15H,3,10-14,16,23H2,1-2H3. The number of hydrogen-bond acceptors (Lipinski definition) is 6. The van der Waals surface area contributed by atoms with Gasteiger partial charge in [0.2, 0.25) is 0 Å². The summed E-state index contributed by atoms with van der Waals surface area (Å²) < 4.78 is 5.24. The van der Waals surface area contributed by atoms with Crippen LogP contribution < -0.4 is 15.4 Å². The van der Waals surface area contributed by atoms with Crippen molar-refractivity contribution in [1.82, 2.24) is 14.8 Å². The Morgan fingerprint density at radius 2 is 1.80 bits per heavy atom. The van der Waals surface area contributed by atoms with Crippen molar-refractivity contribution in [3.63, 3.8) is 0 Å². The number of pyridine rings is 1. The molecular formula is C22H29N5O3. The van der Waals surface area contributed by atoms with E-state index in [4.69, 9.17) is 10.5 Å². The number of anilines is 1. The fraction of sp³-hybridized carbons (Fsp3) is 0.409. The van der Waals surface area contributed by atoms with Crippen molar-refractivity contribution < 1.29 is 14.3 Å². The van der Waals surface area contributed by atoms with Gasteiger partial charge in [0.15, 0.2) is 5.78 Å². The molecule has 0 bridgehead atoms. The van der Waals surface area contributed by atoms with E-state index < -0.39 is 0 Å². The van der Waals surface area contributed by atoms with Crippen molar-refractivity contribution in [2.45, 2.75) is 13.5 Å². The second kappa shape index (κ2) is 10.2. The van der Waals surface area contributed by atoms with E-state index in [1.807, 2.05) is 29.2 Å². The molecule has 0 spiro atoms. The first-order valence-electron chi connectivity index (χ1n) is 10.2. The second-order valence-electron chi connectivity index (χ2n) is 7.15. The third-order valence-electron chi connectivity index (χ3n) is 5.36. The van der Waals surface area contributed by atoms with Gasteiger partial charge in [-0.25, -0.2) is 4.79 Å². The summed E-state index contributed by atoms with van der Waals surface area (Å²) in [6.07, 6.45) is 1.52. The van der Waals surface area contributed by atoms with E-state index in [-0.39, 0.29) is 18.4 Å². The summed E-state index contributed by atoms with van der Waals surface area (Å²) in [5.41, 5.74) is 7.35. The average molecular weight is 412 g/mol. The number of piperazine rings is 1. The lowest BCUT2D eigenvalue weighted by Gasteiger charge is -2.37. The molecule has 1 fully saturated rings. The average Bonchev–Trinajstić information content (AvgIpc) is 2.82. The molecule has 2 heterocycles. The number of likely N-dealkylation sites (N-methyl/N-ethyl adjacent to an activating group) is 1. The van der Waals surface area contributed by atoms with E-state index in [0.29, 0.717) is 30.9 Å². The number of nitrogens with two attached hydrogens (primary N) is 1. The highest BCUT2D eigenvalue weighted by atomic mass is 16.5. The Morgan fingerprint density at radius 1 is 1.10 bits per heavy atom. The number of benzene rings is 1. The summed E-state index contributed by atoms with van der Waals surface area (Å²) in [5, 5.41) is 0. The maximum atomic E-state index is 13.4. The summed E-state index contributed by atoms with van der Waals surface area (Å²) in [7, 11) is 1.61. The first-order valence-corrected chi connectivity index (χ1v) is 10.2. The predicted octanol–water partition coefficient (Wildman–Crippen LogP) is 2.00.